The maximum absolute atomic E-state index is 13.6. The first-order chi connectivity index (χ1) is 9.54. The summed E-state index contributed by atoms with van der Waals surface area (Å²) >= 11 is 0. The quantitative estimate of drug-likeness (QED) is 0.857. The Morgan fingerprint density at radius 2 is 2.05 bits per heavy atom. The second kappa shape index (κ2) is 5.96. The molecule has 7 heteroatoms. The van der Waals surface area contributed by atoms with Crippen LogP contribution < -0.4 is 5.32 Å². The molecule has 1 aromatic carbocycles. The summed E-state index contributed by atoms with van der Waals surface area (Å²) in [6.45, 7) is 2.32. The summed E-state index contributed by atoms with van der Waals surface area (Å²) in [6.07, 6.45) is 3.20. The van der Waals surface area contributed by atoms with E-state index in [0.717, 1.165) is 12.1 Å². The minimum Gasteiger partial charge on any atom is -0.383 e. The zero-order valence-corrected chi connectivity index (χ0v) is 11.0. The number of aromatic nitrogens is 2. The Morgan fingerprint density at radius 3 is 2.75 bits per heavy atom. The van der Waals surface area contributed by atoms with Crippen LogP contribution in [0.1, 0.15) is 13.0 Å². The van der Waals surface area contributed by atoms with E-state index in [4.69, 9.17) is 4.74 Å². The topological polar surface area (TPSA) is 39.1 Å². The molecular formula is C13H14F3N3O. The van der Waals surface area contributed by atoms with Crippen molar-refractivity contribution < 1.29 is 17.9 Å². The Hall–Kier alpha value is -2.02. The van der Waals surface area contributed by atoms with Crippen LogP contribution in [-0.4, -0.2) is 23.3 Å². The first kappa shape index (κ1) is 14.4. The molecule has 1 unspecified atom stereocenters. The Bertz CT molecular complexity index is 601. The highest BCUT2D eigenvalue weighted by Crippen LogP contribution is 2.24. The van der Waals surface area contributed by atoms with Gasteiger partial charge in [-0.2, -0.15) is 0 Å². The Balaban J connectivity index is 2.27. The van der Waals surface area contributed by atoms with Crippen molar-refractivity contribution in [3.05, 3.63) is 42.0 Å². The van der Waals surface area contributed by atoms with Crippen molar-refractivity contribution in [2.45, 2.75) is 13.0 Å². The number of rotatable bonds is 5. The van der Waals surface area contributed by atoms with E-state index >= 15 is 0 Å². The van der Waals surface area contributed by atoms with Crippen LogP contribution in [-0.2, 0) is 4.74 Å². The second-order valence-electron chi connectivity index (χ2n) is 4.31. The monoisotopic (exact) mass is 285 g/mol. The molecule has 108 valence electrons. The summed E-state index contributed by atoms with van der Waals surface area (Å²) in [5.41, 5.74) is -0.180. The molecule has 1 atom stereocenters. The summed E-state index contributed by atoms with van der Waals surface area (Å²) < 4.78 is 46.4. The molecule has 1 heterocycles. The molecule has 0 spiro atoms. The van der Waals surface area contributed by atoms with Crippen molar-refractivity contribution in [3.63, 3.8) is 0 Å². The van der Waals surface area contributed by atoms with Crippen molar-refractivity contribution in [3.8, 4) is 0 Å². The molecule has 4 nitrogen and oxygen atoms in total. The normalized spacial score (nSPS) is 12.4. The molecule has 0 saturated carbocycles. The molecule has 0 radical (unpaired) electrons. The van der Waals surface area contributed by atoms with Crippen LogP contribution in [0.25, 0.3) is 0 Å². The van der Waals surface area contributed by atoms with Crippen LogP contribution in [0.2, 0.25) is 0 Å². The molecular weight excluding hydrogens is 271 g/mol. The smallest absolute Gasteiger partial charge is 0.207 e. The molecule has 1 aromatic heterocycles. The third-order valence-electron chi connectivity index (χ3n) is 2.83. The fraction of sp³-hybridized carbons (Fsp3) is 0.308. The molecule has 0 saturated heterocycles. The average Bonchev–Trinajstić information content (AvgIpc) is 2.88. The van der Waals surface area contributed by atoms with Crippen LogP contribution in [0.15, 0.2) is 24.5 Å². The number of hydrogen-bond acceptors (Lipinski definition) is 3. The third-order valence-corrected chi connectivity index (χ3v) is 2.83. The summed E-state index contributed by atoms with van der Waals surface area (Å²) in [4.78, 5) is 4.02. The maximum atomic E-state index is 13.6. The molecule has 0 aliphatic carbocycles. The Labute approximate surface area is 114 Å². The van der Waals surface area contributed by atoms with Crippen molar-refractivity contribution >= 4 is 11.6 Å². The summed E-state index contributed by atoms with van der Waals surface area (Å²) in [5.74, 6) is -3.71. The fourth-order valence-corrected chi connectivity index (χ4v) is 1.83. The lowest BCUT2D eigenvalue weighted by atomic mass is 10.3. The van der Waals surface area contributed by atoms with E-state index in [9.17, 15) is 13.2 Å². The molecule has 0 fully saturated rings. The number of methoxy groups -OCH3 is 1. The lowest BCUT2D eigenvalue weighted by Gasteiger charge is -2.16. The van der Waals surface area contributed by atoms with Gasteiger partial charge in [-0.05, 0) is 19.1 Å². The summed E-state index contributed by atoms with van der Waals surface area (Å²) in [6, 6.07) is 1.93. The van der Waals surface area contributed by atoms with E-state index < -0.39 is 17.5 Å². The molecule has 20 heavy (non-hydrogen) atoms. The van der Waals surface area contributed by atoms with Crippen molar-refractivity contribution in [2.24, 2.45) is 0 Å². The number of imidazole rings is 1. The number of halogens is 3. The summed E-state index contributed by atoms with van der Waals surface area (Å²) in [7, 11) is 1.57. The Morgan fingerprint density at radius 1 is 1.30 bits per heavy atom. The lowest BCUT2D eigenvalue weighted by molar-refractivity contribution is 0.163. The minimum atomic E-state index is -1.52. The largest absolute Gasteiger partial charge is 0.383 e. The van der Waals surface area contributed by atoms with Gasteiger partial charge in [0.25, 0.3) is 0 Å². The molecule has 0 aliphatic heterocycles. The van der Waals surface area contributed by atoms with Gasteiger partial charge in [0.15, 0.2) is 17.5 Å². The van der Waals surface area contributed by atoms with E-state index in [0.29, 0.717) is 12.6 Å². The van der Waals surface area contributed by atoms with E-state index in [1.54, 1.807) is 17.9 Å². The van der Waals surface area contributed by atoms with Crippen molar-refractivity contribution in [2.75, 3.05) is 19.0 Å². The number of nitrogens with one attached hydrogen (secondary N) is 1. The fourth-order valence-electron chi connectivity index (χ4n) is 1.83. The first-order valence-corrected chi connectivity index (χ1v) is 5.97. The van der Waals surface area contributed by atoms with Gasteiger partial charge in [-0.1, -0.05) is 0 Å². The van der Waals surface area contributed by atoms with Gasteiger partial charge >= 0.3 is 0 Å². The predicted molar refractivity (Wildman–Crippen MR) is 68.4 cm³/mol. The zero-order valence-electron chi connectivity index (χ0n) is 11.0. The van der Waals surface area contributed by atoms with Gasteiger partial charge in [0, 0.05) is 19.5 Å². The first-order valence-electron chi connectivity index (χ1n) is 5.97. The van der Waals surface area contributed by atoms with E-state index in [1.807, 2.05) is 6.92 Å². The number of nitrogens with zero attached hydrogens (tertiary/aromatic N) is 2. The van der Waals surface area contributed by atoms with Crippen LogP contribution in [0.5, 0.6) is 0 Å². The van der Waals surface area contributed by atoms with Gasteiger partial charge in [-0.25, -0.2) is 18.2 Å². The van der Waals surface area contributed by atoms with E-state index in [-0.39, 0.29) is 11.7 Å². The van der Waals surface area contributed by atoms with Gasteiger partial charge < -0.3 is 14.6 Å². The highest BCUT2D eigenvalue weighted by molar-refractivity contribution is 5.54. The number of benzene rings is 1. The molecule has 0 aliphatic rings. The van der Waals surface area contributed by atoms with Gasteiger partial charge in [-0.15, -0.1) is 0 Å². The summed E-state index contributed by atoms with van der Waals surface area (Å²) in [5, 5.41) is 2.64. The van der Waals surface area contributed by atoms with Gasteiger partial charge in [-0.3, -0.25) is 0 Å². The average molecular weight is 285 g/mol. The standard InChI is InChI=1S/C13H14F3N3O/c1-8(7-20-2)19-6-5-17-13(19)18-10-4-3-9(14)11(15)12(10)16/h3-6,8H,7H2,1-2H3,(H,17,18). The lowest BCUT2D eigenvalue weighted by Crippen LogP contribution is -2.13. The number of hydrogen-bond donors (Lipinski definition) is 1. The number of anilines is 2. The second-order valence-corrected chi connectivity index (χ2v) is 4.31. The maximum Gasteiger partial charge on any atom is 0.207 e. The zero-order chi connectivity index (χ0) is 14.7. The highest BCUT2D eigenvalue weighted by atomic mass is 19.2. The van der Waals surface area contributed by atoms with Gasteiger partial charge in [0.05, 0.1) is 18.3 Å². The van der Waals surface area contributed by atoms with E-state index in [1.165, 1.54) is 6.20 Å². The van der Waals surface area contributed by atoms with Crippen LogP contribution in [0.4, 0.5) is 24.8 Å². The van der Waals surface area contributed by atoms with Crippen LogP contribution in [0.3, 0.4) is 0 Å². The van der Waals surface area contributed by atoms with Gasteiger partial charge in [0.2, 0.25) is 5.95 Å². The molecule has 0 bridgehead atoms. The SMILES string of the molecule is COCC(C)n1ccnc1Nc1ccc(F)c(F)c1F. The highest BCUT2D eigenvalue weighted by Gasteiger charge is 2.16. The minimum absolute atomic E-state index is 0.0432. The van der Waals surface area contributed by atoms with Crippen molar-refractivity contribution in [1.29, 1.82) is 0 Å². The third kappa shape index (κ3) is 2.77. The molecule has 0 amide bonds. The molecule has 1 N–H and O–H groups in total. The molecule has 2 rings (SSSR count). The predicted octanol–water partition coefficient (Wildman–Crippen LogP) is 3.25. The van der Waals surface area contributed by atoms with Crippen molar-refractivity contribution in [1.82, 2.24) is 9.55 Å². The van der Waals surface area contributed by atoms with E-state index in [2.05, 4.69) is 10.3 Å². The Kier molecular flexibility index (Phi) is 4.29. The van der Waals surface area contributed by atoms with Crippen LogP contribution in [0, 0.1) is 17.5 Å². The number of ether oxygens (including phenoxy) is 1. The molecule has 2 aromatic rings. The van der Waals surface area contributed by atoms with Crippen LogP contribution >= 0.6 is 0 Å². The van der Waals surface area contributed by atoms with Gasteiger partial charge in [0.1, 0.15) is 0 Å².